The van der Waals surface area contributed by atoms with Crippen LogP contribution in [0.5, 0.6) is 0 Å². The van der Waals surface area contributed by atoms with Gasteiger partial charge in [-0.15, -0.1) is 0 Å². The first-order chi connectivity index (χ1) is 8.59. The minimum atomic E-state index is -0.803. The molecule has 0 fully saturated rings. The molecule has 2 rings (SSSR count). The number of pyridine rings is 1. The lowest BCUT2D eigenvalue weighted by atomic mass is 10.1. The van der Waals surface area contributed by atoms with Gasteiger partial charge >= 0.3 is 5.97 Å². The zero-order valence-corrected chi connectivity index (χ0v) is 11.5. The molecule has 1 N–H and O–H groups in total. The molecule has 1 aromatic heterocycles. The van der Waals surface area contributed by atoms with Crippen LogP contribution in [0.3, 0.4) is 0 Å². The Hall–Kier alpha value is -1.62. The Bertz CT molecular complexity index is 586. The third-order valence-corrected chi connectivity index (χ3v) is 3.45. The van der Waals surface area contributed by atoms with E-state index in [1.54, 1.807) is 6.20 Å². The van der Waals surface area contributed by atoms with E-state index in [1.807, 2.05) is 36.2 Å². The first-order valence-electron chi connectivity index (χ1n) is 5.56. The Morgan fingerprint density at radius 3 is 2.89 bits per heavy atom. The number of hydrogen-bond donors (Lipinski definition) is 1. The molecule has 0 atom stereocenters. The molecule has 1 aromatic carbocycles. The third-order valence-electron chi connectivity index (χ3n) is 2.75. The highest BCUT2D eigenvalue weighted by atomic mass is 79.9. The van der Waals surface area contributed by atoms with Gasteiger partial charge in [-0.1, -0.05) is 28.1 Å². The maximum Gasteiger partial charge on any atom is 0.305 e. The Morgan fingerprint density at radius 2 is 2.17 bits per heavy atom. The number of carboxylic acids is 1. The zero-order valence-electron chi connectivity index (χ0n) is 9.93. The van der Waals surface area contributed by atoms with Crippen LogP contribution < -0.4 is 4.90 Å². The van der Waals surface area contributed by atoms with Crippen molar-refractivity contribution in [2.24, 2.45) is 0 Å². The van der Waals surface area contributed by atoms with E-state index in [1.165, 1.54) is 0 Å². The van der Waals surface area contributed by atoms with E-state index in [9.17, 15) is 4.79 Å². The number of aromatic nitrogens is 1. The minimum Gasteiger partial charge on any atom is -0.481 e. The molecule has 94 valence electrons. The Morgan fingerprint density at radius 1 is 1.39 bits per heavy atom. The predicted octanol–water partition coefficient (Wildman–Crippen LogP) is 2.91. The fourth-order valence-electron chi connectivity index (χ4n) is 1.83. The van der Waals surface area contributed by atoms with Crippen molar-refractivity contribution >= 4 is 38.5 Å². The number of carboxylic acid groups (broad SMARTS) is 1. The van der Waals surface area contributed by atoms with Crippen molar-refractivity contribution in [1.29, 1.82) is 0 Å². The summed E-state index contributed by atoms with van der Waals surface area (Å²) in [6.07, 6.45) is 1.84. The highest BCUT2D eigenvalue weighted by Gasteiger charge is 2.10. The first kappa shape index (κ1) is 12.8. The van der Waals surface area contributed by atoms with E-state index in [2.05, 4.69) is 20.9 Å². The summed E-state index contributed by atoms with van der Waals surface area (Å²) in [5, 5.41) is 10.8. The molecule has 5 heteroatoms. The Kier molecular flexibility index (Phi) is 3.81. The van der Waals surface area contributed by atoms with Crippen LogP contribution in [0, 0.1) is 0 Å². The van der Waals surface area contributed by atoms with E-state index >= 15 is 0 Å². The Labute approximate surface area is 113 Å². The van der Waals surface area contributed by atoms with Gasteiger partial charge in [0.15, 0.2) is 0 Å². The average molecular weight is 309 g/mol. The summed E-state index contributed by atoms with van der Waals surface area (Å²) in [5.74, 6) is -0.00156. The fourth-order valence-corrected chi connectivity index (χ4v) is 2.33. The van der Waals surface area contributed by atoms with Crippen molar-refractivity contribution in [3.63, 3.8) is 0 Å². The summed E-state index contributed by atoms with van der Waals surface area (Å²) in [5.41, 5.74) is 0. The number of fused-ring (bicyclic) bond motifs is 1. The van der Waals surface area contributed by atoms with Gasteiger partial charge in [-0.3, -0.25) is 4.79 Å². The highest BCUT2D eigenvalue weighted by Crippen LogP contribution is 2.29. The van der Waals surface area contributed by atoms with Gasteiger partial charge in [0.05, 0.1) is 6.42 Å². The Balaban J connectivity index is 2.38. The maximum absolute atomic E-state index is 10.6. The summed E-state index contributed by atoms with van der Waals surface area (Å²) in [4.78, 5) is 16.8. The summed E-state index contributed by atoms with van der Waals surface area (Å²) >= 11 is 3.50. The van der Waals surface area contributed by atoms with Crippen molar-refractivity contribution in [3.05, 3.63) is 34.9 Å². The van der Waals surface area contributed by atoms with Crippen molar-refractivity contribution in [1.82, 2.24) is 4.98 Å². The van der Waals surface area contributed by atoms with Crippen LogP contribution in [0.4, 0.5) is 5.82 Å². The van der Waals surface area contributed by atoms with Gasteiger partial charge in [-0.05, 0) is 12.1 Å². The predicted molar refractivity (Wildman–Crippen MR) is 75.0 cm³/mol. The molecule has 0 aliphatic rings. The number of halogens is 1. The van der Waals surface area contributed by atoms with Crippen molar-refractivity contribution in [2.75, 3.05) is 18.5 Å². The molecule has 1 heterocycles. The van der Waals surface area contributed by atoms with Crippen LogP contribution in [0.15, 0.2) is 34.9 Å². The van der Waals surface area contributed by atoms with Gasteiger partial charge in [0.25, 0.3) is 0 Å². The molecular weight excluding hydrogens is 296 g/mol. The van der Waals surface area contributed by atoms with Gasteiger partial charge in [-0.25, -0.2) is 4.98 Å². The van der Waals surface area contributed by atoms with E-state index in [-0.39, 0.29) is 6.42 Å². The molecule has 0 aliphatic heterocycles. The fraction of sp³-hybridized carbons (Fsp3) is 0.231. The molecule has 0 spiro atoms. The molecule has 0 bridgehead atoms. The normalized spacial score (nSPS) is 10.6. The van der Waals surface area contributed by atoms with Gasteiger partial charge in [0.1, 0.15) is 5.82 Å². The topological polar surface area (TPSA) is 53.4 Å². The van der Waals surface area contributed by atoms with Gasteiger partial charge < -0.3 is 10.0 Å². The van der Waals surface area contributed by atoms with Crippen LogP contribution in [0.25, 0.3) is 10.8 Å². The van der Waals surface area contributed by atoms with Gasteiger partial charge in [0.2, 0.25) is 0 Å². The number of benzene rings is 1. The van der Waals surface area contributed by atoms with Gasteiger partial charge in [0, 0.05) is 35.0 Å². The van der Waals surface area contributed by atoms with Gasteiger partial charge in [-0.2, -0.15) is 0 Å². The second-order valence-corrected chi connectivity index (χ2v) is 4.89. The molecule has 0 saturated heterocycles. The number of hydrogen-bond acceptors (Lipinski definition) is 3. The number of nitrogens with zero attached hydrogens (tertiary/aromatic N) is 2. The first-order valence-corrected chi connectivity index (χ1v) is 6.35. The van der Waals surface area contributed by atoms with E-state index < -0.39 is 5.97 Å². The lowest BCUT2D eigenvalue weighted by molar-refractivity contribution is -0.136. The SMILES string of the molecule is CN(CCC(=O)O)c1nccc2c(Br)cccc12. The largest absolute Gasteiger partial charge is 0.481 e. The number of aliphatic carboxylic acids is 1. The second kappa shape index (κ2) is 5.35. The zero-order chi connectivity index (χ0) is 13.1. The second-order valence-electron chi connectivity index (χ2n) is 4.03. The van der Waals surface area contributed by atoms with Crippen LogP contribution in [0.1, 0.15) is 6.42 Å². The molecule has 0 aliphatic carbocycles. The maximum atomic E-state index is 10.6. The monoisotopic (exact) mass is 308 g/mol. The molecular formula is C13H13BrN2O2. The molecule has 0 saturated carbocycles. The molecule has 18 heavy (non-hydrogen) atoms. The number of anilines is 1. The molecule has 0 amide bonds. The summed E-state index contributed by atoms with van der Waals surface area (Å²) in [6, 6.07) is 7.85. The molecule has 2 aromatic rings. The van der Waals surface area contributed by atoms with Crippen molar-refractivity contribution in [2.45, 2.75) is 6.42 Å². The quantitative estimate of drug-likeness (QED) is 0.943. The van der Waals surface area contributed by atoms with E-state index in [0.29, 0.717) is 6.54 Å². The molecule has 4 nitrogen and oxygen atoms in total. The minimum absolute atomic E-state index is 0.0998. The van der Waals surface area contributed by atoms with Crippen LogP contribution in [-0.4, -0.2) is 29.7 Å². The third kappa shape index (κ3) is 2.61. The van der Waals surface area contributed by atoms with Crippen LogP contribution in [-0.2, 0) is 4.79 Å². The lowest BCUT2D eigenvalue weighted by Gasteiger charge is -2.19. The molecule has 0 radical (unpaired) electrons. The highest BCUT2D eigenvalue weighted by molar-refractivity contribution is 9.10. The van der Waals surface area contributed by atoms with E-state index in [4.69, 9.17) is 5.11 Å². The smallest absolute Gasteiger partial charge is 0.305 e. The number of carbonyl (C=O) groups is 1. The summed E-state index contributed by atoms with van der Waals surface area (Å²) in [6.45, 7) is 0.438. The van der Waals surface area contributed by atoms with Crippen molar-refractivity contribution < 1.29 is 9.90 Å². The summed E-state index contributed by atoms with van der Waals surface area (Å²) < 4.78 is 1.01. The average Bonchev–Trinajstić information content (AvgIpc) is 2.36. The standard InChI is InChI=1S/C13H13BrN2O2/c1-16(8-6-12(17)18)13-10-3-2-4-11(14)9(10)5-7-15-13/h2-5,7H,6,8H2,1H3,(H,17,18). The van der Waals surface area contributed by atoms with Crippen LogP contribution >= 0.6 is 15.9 Å². The number of rotatable bonds is 4. The summed E-state index contributed by atoms with van der Waals surface area (Å²) in [7, 11) is 1.85. The van der Waals surface area contributed by atoms with Crippen LogP contribution in [0.2, 0.25) is 0 Å². The van der Waals surface area contributed by atoms with Crippen molar-refractivity contribution in [3.8, 4) is 0 Å². The lowest BCUT2D eigenvalue weighted by Crippen LogP contribution is -2.22. The molecule has 0 unspecified atom stereocenters. The van der Waals surface area contributed by atoms with E-state index in [0.717, 1.165) is 21.1 Å².